The summed E-state index contributed by atoms with van der Waals surface area (Å²) in [5, 5.41) is 11.5. The van der Waals surface area contributed by atoms with Crippen molar-refractivity contribution in [2.24, 2.45) is 0 Å². The highest BCUT2D eigenvalue weighted by atomic mass is 16.5. The minimum atomic E-state index is -0.368. The van der Waals surface area contributed by atoms with E-state index in [1.165, 1.54) is 0 Å². The second kappa shape index (κ2) is 9.36. The van der Waals surface area contributed by atoms with Gasteiger partial charge in [0, 0.05) is 28.9 Å². The summed E-state index contributed by atoms with van der Waals surface area (Å²) in [5.41, 5.74) is 7.38. The quantitative estimate of drug-likeness (QED) is 0.273. The van der Waals surface area contributed by atoms with Gasteiger partial charge in [-0.3, -0.25) is 9.48 Å². The van der Waals surface area contributed by atoms with Gasteiger partial charge >= 0.3 is 0 Å². The predicted octanol–water partition coefficient (Wildman–Crippen LogP) is 5.87. The minimum absolute atomic E-state index is 0.0558. The highest BCUT2D eigenvalue weighted by Gasteiger charge is 2.45. The molecule has 1 saturated carbocycles. The number of benzene rings is 1. The van der Waals surface area contributed by atoms with E-state index in [0.717, 1.165) is 57.7 Å². The molecule has 2 aliphatic rings. The number of hydrogen-bond acceptors (Lipinski definition) is 7. The zero-order valence-corrected chi connectivity index (χ0v) is 23.3. The summed E-state index contributed by atoms with van der Waals surface area (Å²) in [7, 11) is 0. The first-order chi connectivity index (χ1) is 19.8. The number of amides is 1. The molecule has 5 aromatic rings. The van der Waals surface area contributed by atoms with E-state index < -0.39 is 0 Å². The van der Waals surface area contributed by atoms with Gasteiger partial charge in [0.05, 0.1) is 23.3 Å². The number of hydrogen-bond donors (Lipinski definition) is 2. The van der Waals surface area contributed by atoms with Crippen molar-refractivity contribution in [1.82, 2.24) is 40.2 Å². The molecule has 2 aliphatic carbocycles. The van der Waals surface area contributed by atoms with E-state index in [9.17, 15) is 4.79 Å². The van der Waals surface area contributed by atoms with Gasteiger partial charge in [-0.25, -0.2) is 9.97 Å². The number of carbonyl (C=O) groups is 1. The maximum Gasteiger partial charge on any atom is 0.293 e. The Morgan fingerprint density at radius 1 is 1.17 bits per heavy atom. The topological polar surface area (TPSA) is 127 Å². The molecular weight excluding hydrogens is 516 g/mol. The second-order valence-corrected chi connectivity index (χ2v) is 11.3. The summed E-state index contributed by atoms with van der Waals surface area (Å²) >= 11 is 0. The van der Waals surface area contributed by atoms with E-state index in [-0.39, 0.29) is 29.2 Å². The van der Waals surface area contributed by atoms with Crippen molar-refractivity contribution in [1.29, 1.82) is 0 Å². The number of aromatic amines is 1. The summed E-state index contributed by atoms with van der Waals surface area (Å²) in [6, 6.07) is 8.12. The molecule has 0 bridgehead atoms. The first kappa shape index (κ1) is 25.1. The lowest BCUT2D eigenvalue weighted by atomic mass is 9.95. The molecule has 206 valence electrons. The molecule has 0 spiro atoms. The Hall–Kier alpha value is -4.86. The Kier molecular flexibility index (Phi) is 5.74. The first-order valence-electron chi connectivity index (χ1n) is 13.8. The molecule has 10 heteroatoms. The van der Waals surface area contributed by atoms with E-state index in [1.807, 2.05) is 47.3 Å². The third-order valence-corrected chi connectivity index (χ3v) is 8.04. The summed E-state index contributed by atoms with van der Waals surface area (Å²) in [6.07, 6.45) is 13.5. The van der Waals surface area contributed by atoms with Crippen LogP contribution in [0.15, 0.2) is 59.4 Å². The number of nitrogens with one attached hydrogen (secondary N) is 2. The Bertz CT molecular complexity index is 1870. The van der Waals surface area contributed by atoms with Gasteiger partial charge in [-0.15, -0.1) is 0 Å². The predicted molar refractivity (Wildman–Crippen MR) is 155 cm³/mol. The Morgan fingerprint density at radius 3 is 2.80 bits per heavy atom. The standard InChI is InChI=1S/C31H30N8O2/c1-17(2)39-18(3)23(16-33-39)26-35-25-22(11-14-32-27(25)36-26)20-9-10-21-19(15-20)7-5-6-8-24(21)34-29(40)28-37-30(41-38-28)31(4)12-13-31/h5-11,14-17,24H,12-13H2,1-4H3,(H,34,40)(H,32,35,36)/t24-/m1/s1. The maximum atomic E-state index is 13.0. The fourth-order valence-electron chi connectivity index (χ4n) is 5.36. The molecule has 1 amide bonds. The number of pyridine rings is 1. The number of H-pyrrole nitrogens is 1. The number of allylic oxidation sites excluding steroid dienone is 2. The summed E-state index contributed by atoms with van der Waals surface area (Å²) < 4.78 is 7.36. The molecule has 10 nitrogen and oxygen atoms in total. The molecule has 0 unspecified atom stereocenters. The van der Waals surface area contributed by atoms with Gasteiger partial charge in [-0.05, 0) is 62.4 Å². The Morgan fingerprint density at radius 2 is 2.02 bits per heavy atom. The molecule has 2 N–H and O–H groups in total. The van der Waals surface area contributed by atoms with Crippen LogP contribution in [0.4, 0.5) is 0 Å². The van der Waals surface area contributed by atoms with Crippen LogP contribution in [0.3, 0.4) is 0 Å². The molecule has 1 aromatic carbocycles. The molecular formula is C31H30N8O2. The Labute approximate surface area is 236 Å². The average Bonchev–Trinajstić information content (AvgIpc) is 3.30. The first-order valence-corrected chi connectivity index (χ1v) is 13.8. The molecule has 41 heavy (non-hydrogen) atoms. The maximum absolute atomic E-state index is 13.0. The molecule has 1 fully saturated rings. The second-order valence-electron chi connectivity index (χ2n) is 11.3. The van der Waals surface area contributed by atoms with Gasteiger partial charge in [0.25, 0.3) is 11.7 Å². The number of imidazole rings is 1. The largest absolute Gasteiger partial charge is 0.339 e. The zero-order chi connectivity index (χ0) is 28.3. The number of rotatable bonds is 6. The van der Waals surface area contributed by atoms with E-state index in [0.29, 0.717) is 11.5 Å². The number of aromatic nitrogens is 7. The van der Waals surface area contributed by atoms with Crippen LogP contribution in [-0.4, -0.2) is 40.8 Å². The van der Waals surface area contributed by atoms with E-state index in [1.54, 1.807) is 6.20 Å². The lowest BCUT2D eigenvalue weighted by molar-refractivity contribution is 0.0930. The van der Waals surface area contributed by atoms with E-state index >= 15 is 0 Å². The van der Waals surface area contributed by atoms with Crippen molar-refractivity contribution >= 4 is 23.1 Å². The van der Waals surface area contributed by atoms with Crippen LogP contribution in [0.5, 0.6) is 0 Å². The van der Waals surface area contributed by atoms with E-state index in [2.05, 4.69) is 70.4 Å². The van der Waals surface area contributed by atoms with E-state index in [4.69, 9.17) is 9.51 Å². The summed E-state index contributed by atoms with van der Waals surface area (Å²) in [6.45, 7) is 8.34. The summed E-state index contributed by atoms with van der Waals surface area (Å²) in [5.74, 6) is 0.958. The molecule has 1 atom stereocenters. The van der Waals surface area contributed by atoms with Gasteiger partial charge in [0.2, 0.25) is 5.89 Å². The molecule has 0 aliphatic heterocycles. The van der Waals surface area contributed by atoms with Crippen molar-refractivity contribution in [3.8, 4) is 22.5 Å². The fourth-order valence-corrected chi connectivity index (χ4v) is 5.36. The highest BCUT2D eigenvalue weighted by Crippen LogP contribution is 2.46. The minimum Gasteiger partial charge on any atom is -0.339 e. The van der Waals surface area contributed by atoms with Crippen molar-refractivity contribution in [2.45, 2.75) is 58.0 Å². The number of nitrogens with zero attached hydrogens (tertiary/aromatic N) is 6. The van der Waals surface area contributed by atoms with Crippen molar-refractivity contribution in [2.75, 3.05) is 0 Å². The SMILES string of the molecule is Cc1c(-c2nc3nccc(-c4ccc5c(c4)C=CC=C[C@H]5NC(=O)c4noc(C5(C)CC5)n4)c3[nH]2)cnn1C(C)C. The summed E-state index contributed by atoms with van der Waals surface area (Å²) in [4.78, 5) is 30.2. The van der Waals surface area contributed by atoms with Crippen LogP contribution in [0, 0.1) is 6.92 Å². The van der Waals surface area contributed by atoms with Gasteiger partial charge in [-0.1, -0.05) is 48.5 Å². The van der Waals surface area contributed by atoms with Crippen LogP contribution in [0.1, 0.15) is 79.0 Å². The molecule has 0 saturated heterocycles. The molecule has 7 rings (SSSR count). The van der Waals surface area contributed by atoms with Crippen molar-refractivity contribution in [3.05, 3.63) is 83.4 Å². The van der Waals surface area contributed by atoms with Crippen LogP contribution >= 0.6 is 0 Å². The molecule has 4 heterocycles. The van der Waals surface area contributed by atoms with Gasteiger partial charge in [0.15, 0.2) is 5.65 Å². The van der Waals surface area contributed by atoms with Crippen LogP contribution in [0.2, 0.25) is 0 Å². The van der Waals surface area contributed by atoms with Crippen molar-refractivity contribution in [3.63, 3.8) is 0 Å². The van der Waals surface area contributed by atoms with Gasteiger partial charge < -0.3 is 14.8 Å². The normalized spacial score (nSPS) is 17.1. The lowest BCUT2D eigenvalue weighted by Crippen LogP contribution is -2.28. The third-order valence-electron chi connectivity index (χ3n) is 8.04. The third kappa shape index (κ3) is 4.35. The lowest BCUT2D eigenvalue weighted by Gasteiger charge is -2.17. The van der Waals surface area contributed by atoms with Crippen LogP contribution < -0.4 is 5.32 Å². The van der Waals surface area contributed by atoms with Crippen LogP contribution in [0.25, 0.3) is 39.8 Å². The monoisotopic (exact) mass is 546 g/mol. The Balaban J connectivity index is 1.20. The fraction of sp³-hybridized carbons (Fsp3) is 0.290. The highest BCUT2D eigenvalue weighted by molar-refractivity contribution is 5.93. The van der Waals surface area contributed by atoms with Gasteiger partial charge in [0.1, 0.15) is 5.82 Å². The number of carbonyl (C=O) groups excluding carboxylic acids is 1. The molecule has 0 radical (unpaired) electrons. The smallest absolute Gasteiger partial charge is 0.293 e. The molecule has 4 aromatic heterocycles. The van der Waals surface area contributed by atoms with Crippen LogP contribution in [-0.2, 0) is 5.41 Å². The van der Waals surface area contributed by atoms with Gasteiger partial charge in [-0.2, -0.15) is 10.1 Å². The number of fused-ring (bicyclic) bond motifs is 2. The van der Waals surface area contributed by atoms with Crippen molar-refractivity contribution < 1.29 is 9.32 Å². The zero-order valence-electron chi connectivity index (χ0n) is 23.3. The average molecular weight is 547 g/mol.